The molecule has 4 aromatic carbocycles. The summed E-state index contributed by atoms with van der Waals surface area (Å²) in [7, 11) is -4.28. The Hall–Kier alpha value is -4.57. The third-order valence-electron chi connectivity index (χ3n) is 7.96. The van der Waals surface area contributed by atoms with Crippen molar-refractivity contribution >= 4 is 27.5 Å². The van der Waals surface area contributed by atoms with Crippen molar-refractivity contribution in [1.29, 1.82) is 0 Å². The minimum absolute atomic E-state index is 0.0206. The van der Waals surface area contributed by atoms with Gasteiger partial charge in [-0.1, -0.05) is 73.5 Å². The van der Waals surface area contributed by atoms with E-state index >= 15 is 0 Å². The van der Waals surface area contributed by atoms with Crippen LogP contribution in [-0.4, -0.2) is 43.8 Å². The lowest BCUT2D eigenvalue weighted by atomic mass is 10.0. The van der Waals surface area contributed by atoms with Crippen molar-refractivity contribution in [2.45, 2.75) is 55.6 Å². The topological polar surface area (TPSA) is 86.8 Å². The molecule has 0 spiro atoms. The lowest BCUT2D eigenvalue weighted by Crippen LogP contribution is -2.54. The molecule has 0 bridgehead atoms. The number of nitrogens with zero attached hydrogens (tertiary/aromatic N) is 2. The molecule has 234 valence electrons. The fourth-order valence-electron chi connectivity index (χ4n) is 5.56. The molecule has 7 nitrogen and oxygen atoms in total. The van der Waals surface area contributed by atoms with Gasteiger partial charge < -0.3 is 10.2 Å². The van der Waals surface area contributed by atoms with Gasteiger partial charge in [0.2, 0.25) is 11.8 Å². The maximum absolute atomic E-state index is 14.4. The van der Waals surface area contributed by atoms with Crippen molar-refractivity contribution in [1.82, 2.24) is 10.2 Å². The van der Waals surface area contributed by atoms with Gasteiger partial charge in [0.05, 0.1) is 10.6 Å². The zero-order valence-electron chi connectivity index (χ0n) is 24.7. The van der Waals surface area contributed by atoms with Crippen LogP contribution in [0, 0.1) is 11.6 Å². The first-order chi connectivity index (χ1) is 21.7. The van der Waals surface area contributed by atoms with Gasteiger partial charge in [0, 0.05) is 19.0 Å². The Kier molecular flexibility index (Phi) is 10.2. The Morgan fingerprint density at radius 3 is 1.91 bits per heavy atom. The molecule has 1 atom stereocenters. The van der Waals surface area contributed by atoms with Crippen LogP contribution in [0.1, 0.15) is 36.8 Å². The first-order valence-corrected chi connectivity index (χ1v) is 16.4. The summed E-state index contributed by atoms with van der Waals surface area (Å²) < 4.78 is 56.5. The van der Waals surface area contributed by atoms with Crippen LogP contribution in [0.2, 0.25) is 0 Å². The lowest BCUT2D eigenvalue weighted by Gasteiger charge is -2.34. The number of sulfonamides is 1. The van der Waals surface area contributed by atoms with Crippen molar-refractivity contribution in [2.75, 3.05) is 10.8 Å². The molecule has 1 aliphatic rings. The van der Waals surface area contributed by atoms with E-state index in [4.69, 9.17) is 0 Å². The van der Waals surface area contributed by atoms with E-state index in [2.05, 4.69) is 5.32 Å². The average molecular weight is 632 g/mol. The molecule has 45 heavy (non-hydrogen) atoms. The molecular weight excluding hydrogens is 596 g/mol. The van der Waals surface area contributed by atoms with Gasteiger partial charge in [-0.3, -0.25) is 13.9 Å². The van der Waals surface area contributed by atoms with Gasteiger partial charge in [0.15, 0.2) is 0 Å². The number of rotatable bonds is 12. The van der Waals surface area contributed by atoms with Crippen molar-refractivity contribution in [3.05, 3.63) is 132 Å². The number of carbonyl (C=O) groups excluding carboxylic acids is 2. The Morgan fingerprint density at radius 2 is 1.31 bits per heavy atom. The number of halogens is 2. The molecule has 0 heterocycles. The number of amides is 2. The smallest absolute Gasteiger partial charge is 0.264 e. The number of nitrogens with one attached hydrogen (secondary N) is 1. The number of anilines is 1. The van der Waals surface area contributed by atoms with Crippen LogP contribution < -0.4 is 9.62 Å². The predicted molar refractivity (Wildman–Crippen MR) is 169 cm³/mol. The molecule has 0 aromatic heterocycles. The van der Waals surface area contributed by atoms with Crippen LogP contribution in [-0.2, 0) is 32.6 Å². The summed E-state index contributed by atoms with van der Waals surface area (Å²) >= 11 is 0. The van der Waals surface area contributed by atoms with Crippen LogP contribution >= 0.6 is 0 Å². The van der Waals surface area contributed by atoms with Gasteiger partial charge >= 0.3 is 0 Å². The van der Waals surface area contributed by atoms with E-state index in [0.717, 1.165) is 47.7 Å². The summed E-state index contributed by atoms with van der Waals surface area (Å²) in [6, 6.07) is 26.3. The quantitative estimate of drug-likeness (QED) is 0.212. The molecule has 1 aliphatic carbocycles. The van der Waals surface area contributed by atoms with Crippen LogP contribution in [0.15, 0.2) is 114 Å². The average Bonchev–Trinajstić information content (AvgIpc) is 3.57. The molecular formula is C35H35F2N3O4S. The highest BCUT2D eigenvalue weighted by Crippen LogP contribution is 2.26. The Bertz CT molecular complexity index is 1680. The van der Waals surface area contributed by atoms with Crippen LogP contribution in [0.5, 0.6) is 0 Å². The number of hydrogen-bond acceptors (Lipinski definition) is 4. The van der Waals surface area contributed by atoms with Gasteiger partial charge in [-0.05, 0) is 72.5 Å². The Morgan fingerprint density at radius 1 is 0.756 bits per heavy atom. The summed E-state index contributed by atoms with van der Waals surface area (Å²) in [5.74, 6) is -2.01. The first-order valence-electron chi connectivity index (χ1n) is 14.9. The molecule has 1 fully saturated rings. The molecule has 1 N–H and O–H groups in total. The van der Waals surface area contributed by atoms with Gasteiger partial charge in [-0.25, -0.2) is 17.2 Å². The number of hydrogen-bond donors (Lipinski definition) is 1. The highest BCUT2D eigenvalue weighted by atomic mass is 32.2. The zero-order valence-corrected chi connectivity index (χ0v) is 25.5. The van der Waals surface area contributed by atoms with Gasteiger partial charge in [0.1, 0.15) is 24.2 Å². The zero-order chi connectivity index (χ0) is 31.8. The molecule has 0 saturated heterocycles. The SMILES string of the molecule is O=C(NC1CCCC1)[C@H](Cc1ccccc1)N(Cc1ccc(F)cc1)C(=O)CN(c1ccc(F)cc1)S(=O)(=O)c1ccccc1. The molecule has 2 amide bonds. The molecule has 4 aromatic rings. The normalized spacial score (nSPS) is 14.1. The standard InChI is InChI=1S/C35H35F2N3O4S/c36-28-17-15-27(16-18-28)24-39(33(23-26-9-3-1-4-10-26)35(42)38-30-11-7-8-12-30)34(41)25-40(31-21-19-29(37)20-22-31)45(43,44)32-13-5-2-6-14-32/h1-6,9-10,13-22,30,33H,7-8,11-12,23-25H2,(H,38,42)/t33-/m0/s1. The lowest BCUT2D eigenvalue weighted by molar-refractivity contribution is -0.140. The van der Waals surface area contributed by atoms with E-state index in [0.29, 0.717) is 5.56 Å². The van der Waals surface area contributed by atoms with Crippen molar-refractivity contribution in [3.63, 3.8) is 0 Å². The second kappa shape index (κ2) is 14.5. The maximum atomic E-state index is 14.4. The minimum Gasteiger partial charge on any atom is -0.352 e. The van der Waals surface area contributed by atoms with Crippen LogP contribution in [0.3, 0.4) is 0 Å². The van der Waals surface area contributed by atoms with E-state index in [-0.39, 0.29) is 35.5 Å². The first kappa shape index (κ1) is 31.8. The van der Waals surface area contributed by atoms with Gasteiger partial charge in [0.25, 0.3) is 10.0 Å². The summed E-state index contributed by atoms with van der Waals surface area (Å²) in [5, 5.41) is 3.11. The molecule has 0 unspecified atom stereocenters. The summed E-state index contributed by atoms with van der Waals surface area (Å²) in [5.41, 5.74) is 1.47. The molecule has 0 aliphatic heterocycles. The predicted octanol–water partition coefficient (Wildman–Crippen LogP) is 5.86. The highest BCUT2D eigenvalue weighted by molar-refractivity contribution is 7.92. The second-order valence-corrected chi connectivity index (χ2v) is 13.0. The number of benzene rings is 4. The van der Waals surface area contributed by atoms with Crippen LogP contribution in [0.25, 0.3) is 0 Å². The molecule has 10 heteroatoms. The maximum Gasteiger partial charge on any atom is 0.264 e. The third kappa shape index (κ3) is 8.13. The van der Waals surface area contributed by atoms with Crippen molar-refractivity contribution < 1.29 is 26.8 Å². The second-order valence-electron chi connectivity index (χ2n) is 11.1. The molecule has 1 saturated carbocycles. The monoisotopic (exact) mass is 631 g/mol. The van der Waals surface area contributed by atoms with E-state index in [1.807, 2.05) is 30.3 Å². The summed E-state index contributed by atoms with van der Waals surface area (Å²) in [6.45, 7) is -0.733. The van der Waals surface area contributed by atoms with Gasteiger partial charge in [-0.2, -0.15) is 0 Å². The van der Waals surface area contributed by atoms with Crippen molar-refractivity contribution in [3.8, 4) is 0 Å². The van der Waals surface area contributed by atoms with E-state index < -0.39 is 40.2 Å². The fourth-order valence-corrected chi connectivity index (χ4v) is 7.00. The minimum atomic E-state index is -4.28. The third-order valence-corrected chi connectivity index (χ3v) is 9.75. The van der Waals surface area contributed by atoms with Crippen LogP contribution in [0.4, 0.5) is 14.5 Å². The van der Waals surface area contributed by atoms with E-state index in [1.165, 1.54) is 53.4 Å². The Labute approximate surface area is 262 Å². The fraction of sp³-hybridized carbons (Fsp3) is 0.257. The summed E-state index contributed by atoms with van der Waals surface area (Å²) in [6.07, 6.45) is 3.84. The van der Waals surface area contributed by atoms with Crippen molar-refractivity contribution in [2.24, 2.45) is 0 Å². The molecule has 5 rings (SSSR count). The number of carbonyl (C=O) groups is 2. The largest absolute Gasteiger partial charge is 0.352 e. The molecule has 0 radical (unpaired) electrons. The summed E-state index contributed by atoms with van der Waals surface area (Å²) in [4.78, 5) is 29.7. The van der Waals surface area contributed by atoms with E-state index in [1.54, 1.807) is 18.2 Å². The highest BCUT2D eigenvalue weighted by Gasteiger charge is 2.35. The Balaban J connectivity index is 1.55. The van der Waals surface area contributed by atoms with E-state index in [9.17, 15) is 26.8 Å². The van der Waals surface area contributed by atoms with Gasteiger partial charge in [-0.15, -0.1) is 0 Å².